The van der Waals surface area contributed by atoms with Gasteiger partial charge in [0.1, 0.15) is 6.04 Å². The second-order valence-corrected chi connectivity index (χ2v) is 14.0. The normalized spacial score (nSPS) is 36.5. The van der Waals surface area contributed by atoms with Crippen molar-refractivity contribution in [3.05, 3.63) is 29.3 Å². The topological polar surface area (TPSA) is 95.6 Å². The number of imide groups is 2. The van der Waals surface area contributed by atoms with Gasteiger partial charge in [-0.1, -0.05) is 18.9 Å². The summed E-state index contributed by atoms with van der Waals surface area (Å²) < 4.78 is 0. The Kier molecular flexibility index (Phi) is 6.00. The van der Waals surface area contributed by atoms with Gasteiger partial charge in [-0.15, -0.1) is 11.8 Å². The molecule has 5 fully saturated rings. The van der Waals surface area contributed by atoms with Crippen LogP contribution in [0.4, 0.5) is 0 Å². The lowest BCUT2D eigenvalue weighted by atomic mass is 9.56. The molecule has 0 aromatic heterocycles. The van der Waals surface area contributed by atoms with Crippen molar-refractivity contribution in [1.29, 1.82) is 0 Å². The van der Waals surface area contributed by atoms with Crippen LogP contribution in [0.15, 0.2) is 23.1 Å². The summed E-state index contributed by atoms with van der Waals surface area (Å²) in [7, 11) is 0. The number of carbonyl (C=O) groups is 4. The molecular weight excluding hydrogens is 498 g/mol. The van der Waals surface area contributed by atoms with Crippen molar-refractivity contribution in [2.75, 3.05) is 12.3 Å². The van der Waals surface area contributed by atoms with E-state index < -0.39 is 23.8 Å². The Hall–Kier alpha value is -2.19. The molecule has 4 saturated carbocycles. The summed E-state index contributed by atoms with van der Waals surface area (Å²) in [4.78, 5) is 51.9. The highest BCUT2D eigenvalue weighted by Gasteiger charge is 2.70. The van der Waals surface area contributed by atoms with Crippen LogP contribution in [0.1, 0.15) is 97.8 Å². The Bertz CT molecular complexity index is 1210. The summed E-state index contributed by atoms with van der Waals surface area (Å²) in [6.45, 7) is 1.13. The summed E-state index contributed by atoms with van der Waals surface area (Å²) in [5.41, 5.74) is 1.96. The van der Waals surface area contributed by atoms with E-state index in [0.29, 0.717) is 16.7 Å². The number of fused-ring (bicyclic) bond motifs is 3. The number of amides is 4. The number of carbonyl (C=O) groups excluding carboxylic acids is 4. The third-order valence-corrected chi connectivity index (χ3v) is 11.9. The SMILES string of the molecule is O=C1CCC(N2C(=O)c3cccc(SCCCCCCNC45CC6CC7CC(C4)C7(C6)C5)c3C2=O)C(=O)N1. The minimum absolute atomic E-state index is 0.129. The molecule has 1 saturated heterocycles. The van der Waals surface area contributed by atoms with Crippen LogP contribution in [0.5, 0.6) is 0 Å². The second kappa shape index (κ2) is 9.19. The lowest BCUT2D eigenvalue weighted by Gasteiger charge is -2.49. The molecule has 6 atom stereocenters. The van der Waals surface area contributed by atoms with E-state index in [2.05, 4.69) is 10.6 Å². The monoisotopic (exact) mass is 535 g/mol. The molecule has 4 amide bonds. The first-order chi connectivity index (χ1) is 18.4. The van der Waals surface area contributed by atoms with E-state index in [0.717, 1.165) is 58.1 Å². The first-order valence-electron chi connectivity index (χ1n) is 14.6. The van der Waals surface area contributed by atoms with Gasteiger partial charge < -0.3 is 5.32 Å². The van der Waals surface area contributed by atoms with E-state index in [9.17, 15) is 19.2 Å². The Morgan fingerprint density at radius 2 is 1.84 bits per heavy atom. The molecule has 4 aliphatic carbocycles. The summed E-state index contributed by atoms with van der Waals surface area (Å²) in [5.74, 6) is 2.16. The number of hydrogen-bond donors (Lipinski definition) is 2. The summed E-state index contributed by atoms with van der Waals surface area (Å²) >= 11 is 1.62. The molecule has 0 radical (unpaired) electrons. The summed E-state index contributed by atoms with van der Waals surface area (Å²) in [5, 5.41) is 6.30. The zero-order valence-electron chi connectivity index (χ0n) is 21.9. The van der Waals surface area contributed by atoms with E-state index in [1.54, 1.807) is 23.9 Å². The maximum atomic E-state index is 13.2. The molecule has 7 rings (SSSR count). The van der Waals surface area contributed by atoms with Crippen LogP contribution in [-0.4, -0.2) is 52.4 Å². The maximum Gasteiger partial charge on any atom is 0.263 e. The minimum Gasteiger partial charge on any atom is -0.311 e. The first-order valence-corrected chi connectivity index (χ1v) is 15.6. The predicted octanol–water partition coefficient (Wildman–Crippen LogP) is 4.30. The molecule has 6 unspecified atom stereocenters. The van der Waals surface area contributed by atoms with Crippen molar-refractivity contribution in [3.63, 3.8) is 0 Å². The lowest BCUT2D eigenvalue weighted by Crippen LogP contribution is -2.54. The van der Waals surface area contributed by atoms with E-state index >= 15 is 0 Å². The average molecular weight is 536 g/mol. The van der Waals surface area contributed by atoms with Gasteiger partial charge >= 0.3 is 0 Å². The predicted molar refractivity (Wildman–Crippen MR) is 144 cm³/mol. The van der Waals surface area contributed by atoms with Crippen LogP contribution in [0, 0.1) is 23.2 Å². The number of rotatable bonds is 10. The fraction of sp³-hybridized carbons (Fsp3) is 0.667. The molecule has 8 heteroatoms. The highest BCUT2D eigenvalue weighted by atomic mass is 32.2. The number of piperidine rings is 1. The van der Waals surface area contributed by atoms with Crippen molar-refractivity contribution in [2.45, 2.75) is 93.5 Å². The molecule has 1 aromatic rings. The molecule has 6 aliphatic rings. The van der Waals surface area contributed by atoms with Crippen LogP contribution in [0.2, 0.25) is 0 Å². The van der Waals surface area contributed by atoms with Gasteiger partial charge in [-0.2, -0.15) is 0 Å². The van der Waals surface area contributed by atoms with Crippen molar-refractivity contribution in [3.8, 4) is 0 Å². The summed E-state index contributed by atoms with van der Waals surface area (Å²) in [6.07, 6.45) is 13.8. The van der Waals surface area contributed by atoms with Crippen LogP contribution in [0.3, 0.4) is 0 Å². The lowest BCUT2D eigenvalue weighted by molar-refractivity contribution is -0.136. The van der Waals surface area contributed by atoms with Gasteiger partial charge in [0, 0.05) is 16.9 Å². The molecule has 7 nitrogen and oxygen atoms in total. The van der Waals surface area contributed by atoms with E-state index in [1.807, 2.05) is 6.07 Å². The van der Waals surface area contributed by atoms with E-state index in [4.69, 9.17) is 0 Å². The van der Waals surface area contributed by atoms with Crippen LogP contribution in [-0.2, 0) is 9.59 Å². The van der Waals surface area contributed by atoms with E-state index in [-0.39, 0.29) is 18.7 Å². The third kappa shape index (κ3) is 3.80. The number of thioether (sulfide) groups is 1. The minimum atomic E-state index is -0.921. The van der Waals surface area contributed by atoms with Crippen molar-refractivity contribution in [1.82, 2.24) is 15.5 Å². The van der Waals surface area contributed by atoms with Crippen molar-refractivity contribution in [2.24, 2.45) is 23.2 Å². The van der Waals surface area contributed by atoms with Crippen LogP contribution >= 0.6 is 11.8 Å². The second-order valence-electron chi connectivity index (χ2n) is 12.8. The largest absolute Gasteiger partial charge is 0.311 e. The number of hydrogen-bond acceptors (Lipinski definition) is 6. The van der Waals surface area contributed by atoms with Gasteiger partial charge in [-0.05, 0) is 105 Å². The third-order valence-electron chi connectivity index (χ3n) is 10.7. The fourth-order valence-electron chi connectivity index (χ4n) is 9.29. The molecule has 202 valence electrons. The van der Waals surface area contributed by atoms with E-state index in [1.165, 1.54) is 51.4 Å². The molecule has 2 N–H and O–H groups in total. The van der Waals surface area contributed by atoms with Crippen molar-refractivity contribution >= 4 is 35.4 Å². The van der Waals surface area contributed by atoms with Gasteiger partial charge in [0.2, 0.25) is 11.8 Å². The maximum absolute atomic E-state index is 13.2. The van der Waals surface area contributed by atoms with Gasteiger partial charge in [-0.25, -0.2) is 0 Å². The Labute approximate surface area is 228 Å². The number of unbranched alkanes of at least 4 members (excludes halogenated alkanes) is 3. The molecular formula is C30H37N3O4S. The quantitative estimate of drug-likeness (QED) is 0.264. The molecule has 2 aliphatic heterocycles. The smallest absolute Gasteiger partial charge is 0.263 e. The number of benzene rings is 1. The molecule has 1 spiro atoms. The average Bonchev–Trinajstić information content (AvgIpc) is 3.34. The van der Waals surface area contributed by atoms with Crippen molar-refractivity contribution < 1.29 is 19.2 Å². The van der Waals surface area contributed by atoms with Gasteiger partial charge in [0.15, 0.2) is 0 Å². The number of nitrogens with one attached hydrogen (secondary N) is 2. The standard InChI is InChI=1S/C30H37N3O4S/c34-24-9-8-22(26(35)32-24)33-27(36)21-6-5-7-23(25(21)28(33)37)38-11-4-2-1-3-10-31-29-14-18-12-19-13-20(16-29)30(19,15-18)17-29/h5-7,18-20,22,31H,1-4,8-17H2,(H,32,34,35). The zero-order chi connectivity index (χ0) is 26.1. The summed E-state index contributed by atoms with van der Waals surface area (Å²) in [6, 6.07) is 4.43. The molecule has 2 heterocycles. The fourth-order valence-corrected chi connectivity index (χ4v) is 10.4. The highest BCUT2D eigenvalue weighted by molar-refractivity contribution is 7.99. The van der Waals surface area contributed by atoms with Crippen LogP contribution in [0.25, 0.3) is 0 Å². The van der Waals surface area contributed by atoms with Crippen LogP contribution < -0.4 is 10.6 Å². The Balaban J connectivity index is 0.871. The van der Waals surface area contributed by atoms with Gasteiger partial charge in [-0.3, -0.25) is 29.4 Å². The Morgan fingerprint density at radius 3 is 2.71 bits per heavy atom. The number of nitrogens with zero attached hydrogens (tertiary/aromatic N) is 1. The van der Waals surface area contributed by atoms with Gasteiger partial charge in [0.25, 0.3) is 11.8 Å². The molecule has 38 heavy (non-hydrogen) atoms. The Morgan fingerprint density at radius 1 is 0.974 bits per heavy atom. The molecule has 1 aromatic carbocycles. The zero-order valence-corrected chi connectivity index (χ0v) is 22.7. The molecule has 3 bridgehead atoms. The first kappa shape index (κ1) is 24.8. The van der Waals surface area contributed by atoms with Gasteiger partial charge in [0.05, 0.1) is 11.1 Å². The highest BCUT2D eigenvalue weighted by Crippen LogP contribution is 2.76.